The molecule has 0 amide bonds. The predicted octanol–water partition coefficient (Wildman–Crippen LogP) is 4.46. The molecule has 2 rings (SSSR count). The van der Waals surface area contributed by atoms with Crippen LogP contribution in [-0.4, -0.2) is 32.0 Å². The second kappa shape index (κ2) is 8.64. The molecule has 0 saturated carbocycles. The first-order valence-electron chi connectivity index (χ1n) is 7.76. The van der Waals surface area contributed by atoms with Gasteiger partial charge < -0.3 is 14.2 Å². The van der Waals surface area contributed by atoms with Crippen molar-refractivity contribution in [1.82, 2.24) is 0 Å². The molecule has 0 radical (unpaired) electrons. The van der Waals surface area contributed by atoms with Crippen molar-refractivity contribution in [1.29, 1.82) is 0 Å². The Hall–Kier alpha value is -2.14. The van der Waals surface area contributed by atoms with Crippen LogP contribution in [0.3, 0.4) is 0 Å². The third kappa shape index (κ3) is 4.23. The van der Waals surface area contributed by atoms with Gasteiger partial charge in [0.25, 0.3) is 0 Å². The highest BCUT2D eigenvalue weighted by molar-refractivity contribution is 7.98. The maximum Gasteiger partial charge on any atom is 0.333 e. The van der Waals surface area contributed by atoms with Crippen LogP contribution >= 0.6 is 11.8 Å². The molecule has 0 aliphatic rings. The van der Waals surface area contributed by atoms with E-state index in [0.717, 1.165) is 27.2 Å². The summed E-state index contributed by atoms with van der Waals surface area (Å²) >= 11 is 1.59. The summed E-state index contributed by atoms with van der Waals surface area (Å²) in [4.78, 5) is 12.4. The highest BCUT2D eigenvalue weighted by Crippen LogP contribution is 2.40. The van der Waals surface area contributed by atoms with Crippen LogP contribution < -0.4 is 9.47 Å². The minimum absolute atomic E-state index is 0.182. The van der Waals surface area contributed by atoms with E-state index in [0.29, 0.717) is 12.2 Å². The zero-order valence-electron chi connectivity index (χ0n) is 14.3. The van der Waals surface area contributed by atoms with Crippen LogP contribution in [0.1, 0.15) is 13.8 Å². The Labute approximate surface area is 146 Å². The van der Waals surface area contributed by atoms with E-state index in [9.17, 15) is 4.79 Å². The molecule has 24 heavy (non-hydrogen) atoms. The first-order valence-corrected chi connectivity index (χ1v) is 8.99. The minimum Gasteiger partial charge on any atom is -0.493 e. The molecule has 0 unspecified atom stereocenters. The van der Waals surface area contributed by atoms with Gasteiger partial charge >= 0.3 is 5.97 Å². The van der Waals surface area contributed by atoms with E-state index in [2.05, 4.69) is 6.58 Å². The van der Waals surface area contributed by atoms with E-state index < -0.39 is 5.97 Å². The van der Waals surface area contributed by atoms with Gasteiger partial charge in [-0.3, -0.25) is 0 Å². The molecule has 0 aromatic heterocycles. The normalized spacial score (nSPS) is 10.5. The van der Waals surface area contributed by atoms with E-state index in [-0.39, 0.29) is 13.2 Å². The molecule has 0 atom stereocenters. The monoisotopic (exact) mass is 346 g/mol. The fourth-order valence-electron chi connectivity index (χ4n) is 2.27. The number of hydrogen-bond acceptors (Lipinski definition) is 5. The molecule has 2 aromatic carbocycles. The molecule has 0 saturated heterocycles. The number of esters is 1. The number of thioether (sulfide) groups is 1. The summed E-state index contributed by atoms with van der Waals surface area (Å²) in [6.45, 7) is 8.21. The van der Waals surface area contributed by atoms with E-state index in [4.69, 9.17) is 14.2 Å². The molecule has 0 aliphatic heterocycles. The number of ether oxygens (including phenoxy) is 3. The van der Waals surface area contributed by atoms with Crippen molar-refractivity contribution in [3.8, 4) is 11.5 Å². The van der Waals surface area contributed by atoms with Crippen LogP contribution in [0.5, 0.6) is 11.5 Å². The van der Waals surface area contributed by atoms with Gasteiger partial charge in [0.1, 0.15) is 24.7 Å². The van der Waals surface area contributed by atoms with Gasteiger partial charge in [-0.05, 0) is 26.2 Å². The summed E-state index contributed by atoms with van der Waals surface area (Å²) < 4.78 is 16.8. The van der Waals surface area contributed by atoms with E-state index in [1.54, 1.807) is 18.7 Å². The minimum atomic E-state index is -0.403. The lowest BCUT2D eigenvalue weighted by Gasteiger charge is -2.16. The van der Waals surface area contributed by atoms with E-state index >= 15 is 0 Å². The third-order valence-corrected chi connectivity index (χ3v) is 4.10. The zero-order chi connectivity index (χ0) is 17.5. The van der Waals surface area contributed by atoms with Gasteiger partial charge in [-0.25, -0.2) is 4.79 Å². The highest BCUT2D eigenvalue weighted by atomic mass is 32.2. The molecule has 0 aliphatic carbocycles. The van der Waals surface area contributed by atoms with Gasteiger partial charge in [0.15, 0.2) is 0 Å². The van der Waals surface area contributed by atoms with E-state index in [1.165, 1.54) is 0 Å². The average molecular weight is 346 g/mol. The maximum absolute atomic E-state index is 11.4. The molecule has 4 nitrogen and oxygen atoms in total. The molecular formula is C19H22O4S. The molecular weight excluding hydrogens is 324 g/mol. The van der Waals surface area contributed by atoms with Crippen molar-refractivity contribution in [3.63, 3.8) is 0 Å². The highest BCUT2D eigenvalue weighted by Gasteiger charge is 2.14. The van der Waals surface area contributed by atoms with Crippen LogP contribution in [0.2, 0.25) is 0 Å². The number of carbonyl (C=O) groups excluding carboxylic acids is 1. The van der Waals surface area contributed by atoms with Gasteiger partial charge in [0.2, 0.25) is 0 Å². The standard InChI is InChI=1S/C19H22O4S/c1-5-21-16-12-17(24-4)18(15-9-7-6-8-14(15)16)22-10-11-23-19(20)13(2)3/h6-9,12H,2,5,10-11H2,1,3-4H3. The Bertz CT molecular complexity index is 739. The summed E-state index contributed by atoms with van der Waals surface area (Å²) in [5.41, 5.74) is 0.381. The molecule has 2 aromatic rings. The fraction of sp³-hybridized carbons (Fsp3) is 0.316. The second-order valence-electron chi connectivity index (χ2n) is 5.15. The largest absolute Gasteiger partial charge is 0.493 e. The Kier molecular flexibility index (Phi) is 6.55. The molecule has 0 heterocycles. The Morgan fingerprint density at radius 2 is 1.88 bits per heavy atom. The van der Waals surface area contributed by atoms with E-state index in [1.807, 2.05) is 43.5 Å². The zero-order valence-corrected chi connectivity index (χ0v) is 15.1. The molecule has 0 bridgehead atoms. The number of rotatable bonds is 8. The molecule has 128 valence electrons. The fourth-order valence-corrected chi connectivity index (χ4v) is 2.85. The van der Waals surface area contributed by atoms with Crippen molar-refractivity contribution in [2.24, 2.45) is 0 Å². The molecule has 0 N–H and O–H groups in total. The second-order valence-corrected chi connectivity index (χ2v) is 6.00. The lowest BCUT2D eigenvalue weighted by atomic mass is 10.1. The van der Waals surface area contributed by atoms with Gasteiger partial charge in [-0.2, -0.15) is 0 Å². The van der Waals surface area contributed by atoms with Crippen LogP contribution in [-0.2, 0) is 9.53 Å². The lowest BCUT2D eigenvalue weighted by Crippen LogP contribution is -2.12. The predicted molar refractivity (Wildman–Crippen MR) is 98.2 cm³/mol. The van der Waals surface area contributed by atoms with Crippen molar-refractivity contribution in [2.75, 3.05) is 26.1 Å². The van der Waals surface area contributed by atoms with Crippen molar-refractivity contribution >= 4 is 28.5 Å². The Morgan fingerprint density at radius 1 is 1.17 bits per heavy atom. The quantitative estimate of drug-likeness (QED) is 0.306. The summed E-state index contributed by atoms with van der Waals surface area (Å²) in [5, 5.41) is 1.99. The number of fused-ring (bicyclic) bond motifs is 1. The summed E-state index contributed by atoms with van der Waals surface area (Å²) in [5.74, 6) is 1.23. The average Bonchev–Trinajstić information content (AvgIpc) is 2.59. The number of benzene rings is 2. The lowest BCUT2D eigenvalue weighted by molar-refractivity contribution is -0.139. The van der Waals surface area contributed by atoms with Gasteiger partial charge in [-0.15, -0.1) is 11.8 Å². The topological polar surface area (TPSA) is 44.8 Å². The molecule has 0 fully saturated rings. The molecule has 0 spiro atoms. The van der Waals surface area contributed by atoms with Gasteiger partial charge in [0.05, 0.1) is 11.5 Å². The van der Waals surface area contributed by atoms with Crippen molar-refractivity contribution < 1.29 is 19.0 Å². The third-order valence-electron chi connectivity index (χ3n) is 3.35. The van der Waals surface area contributed by atoms with Crippen LogP contribution in [0, 0.1) is 0 Å². The first-order chi connectivity index (χ1) is 11.6. The first kappa shape index (κ1) is 18.2. The Morgan fingerprint density at radius 3 is 2.50 bits per heavy atom. The number of carbonyl (C=O) groups is 1. The van der Waals surface area contributed by atoms with Crippen LogP contribution in [0.25, 0.3) is 10.8 Å². The summed E-state index contributed by atoms with van der Waals surface area (Å²) in [6.07, 6.45) is 1.99. The van der Waals surface area contributed by atoms with Crippen LogP contribution in [0.4, 0.5) is 0 Å². The van der Waals surface area contributed by atoms with Crippen LogP contribution in [0.15, 0.2) is 47.4 Å². The summed E-state index contributed by atoms with van der Waals surface area (Å²) in [7, 11) is 0. The SMILES string of the molecule is C=C(C)C(=O)OCCOc1c(SC)cc(OCC)c2ccccc12. The van der Waals surface area contributed by atoms with Gasteiger partial charge in [-0.1, -0.05) is 30.8 Å². The maximum atomic E-state index is 11.4. The Balaban J connectivity index is 2.24. The summed E-state index contributed by atoms with van der Waals surface area (Å²) in [6, 6.07) is 9.95. The smallest absolute Gasteiger partial charge is 0.333 e. The van der Waals surface area contributed by atoms with Crippen molar-refractivity contribution in [3.05, 3.63) is 42.5 Å². The molecule has 5 heteroatoms. The number of hydrogen-bond donors (Lipinski definition) is 0. The van der Waals surface area contributed by atoms with Gasteiger partial charge in [0, 0.05) is 16.3 Å². The van der Waals surface area contributed by atoms with Crippen molar-refractivity contribution in [2.45, 2.75) is 18.7 Å².